The van der Waals surface area contributed by atoms with Gasteiger partial charge in [0.25, 0.3) is 5.91 Å². The van der Waals surface area contributed by atoms with Crippen LogP contribution in [-0.4, -0.2) is 34.2 Å². The van der Waals surface area contributed by atoms with Gasteiger partial charge in [-0.05, 0) is 24.1 Å². The Hall–Kier alpha value is -2.64. The van der Waals surface area contributed by atoms with Crippen LogP contribution in [0.4, 0.5) is 0 Å². The molecule has 5 nitrogen and oxygen atoms in total. The van der Waals surface area contributed by atoms with Crippen molar-refractivity contribution in [3.63, 3.8) is 0 Å². The van der Waals surface area contributed by atoms with E-state index in [0.29, 0.717) is 16.2 Å². The van der Waals surface area contributed by atoms with Crippen molar-refractivity contribution in [2.45, 2.75) is 12.5 Å². The van der Waals surface area contributed by atoms with Gasteiger partial charge in [-0.2, -0.15) is 0 Å². The molecule has 2 aromatic rings. The molecule has 0 bridgehead atoms. The van der Waals surface area contributed by atoms with Crippen LogP contribution in [-0.2, 0) is 16.0 Å². The number of benzene rings is 2. The zero-order valence-electron chi connectivity index (χ0n) is 14.5. The van der Waals surface area contributed by atoms with Crippen molar-refractivity contribution in [1.29, 1.82) is 0 Å². The average molecular weight is 398 g/mol. The van der Waals surface area contributed by atoms with E-state index in [9.17, 15) is 14.7 Å². The van der Waals surface area contributed by atoms with Crippen LogP contribution in [0.15, 0.2) is 59.5 Å². The number of carbonyl (C=O) groups is 2. The molecule has 1 heterocycles. The number of carbonyl (C=O) groups excluding carboxylic acids is 2. The van der Waals surface area contributed by atoms with Crippen LogP contribution < -0.4 is 9.84 Å². The van der Waals surface area contributed by atoms with E-state index in [1.54, 1.807) is 31.4 Å². The van der Waals surface area contributed by atoms with E-state index in [4.69, 9.17) is 17.0 Å². The molecular formula is C20H16NO4S2-. The SMILES string of the molecule is COc1ccccc1/C=C1\SC(=S)N([C@H](Cc2ccccc2)C(=O)[O-])C1=O. The van der Waals surface area contributed by atoms with Gasteiger partial charge in [0, 0.05) is 5.56 Å². The van der Waals surface area contributed by atoms with Crippen molar-refractivity contribution in [3.8, 4) is 5.75 Å². The highest BCUT2D eigenvalue weighted by molar-refractivity contribution is 8.26. The Bertz CT molecular complexity index is 911. The molecule has 0 spiro atoms. The Morgan fingerprint density at radius 1 is 1.22 bits per heavy atom. The van der Waals surface area contributed by atoms with Crippen LogP contribution in [0, 0.1) is 0 Å². The molecule has 0 radical (unpaired) electrons. The maximum atomic E-state index is 12.9. The van der Waals surface area contributed by atoms with E-state index in [1.165, 1.54) is 0 Å². The van der Waals surface area contributed by atoms with Crippen molar-refractivity contribution >= 4 is 46.3 Å². The summed E-state index contributed by atoms with van der Waals surface area (Å²) in [6.07, 6.45) is 1.78. The summed E-state index contributed by atoms with van der Waals surface area (Å²) in [5, 5.41) is 11.7. The van der Waals surface area contributed by atoms with E-state index in [2.05, 4.69) is 0 Å². The number of ether oxygens (including phenoxy) is 1. The molecule has 2 aromatic carbocycles. The minimum atomic E-state index is -1.34. The van der Waals surface area contributed by atoms with Crippen LogP contribution in [0.25, 0.3) is 6.08 Å². The fourth-order valence-electron chi connectivity index (χ4n) is 2.79. The number of carboxylic acid groups (broad SMARTS) is 1. The molecule has 0 unspecified atom stereocenters. The van der Waals surface area contributed by atoms with E-state index in [1.807, 2.05) is 36.4 Å². The molecule has 1 saturated heterocycles. The van der Waals surface area contributed by atoms with Gasteiger partial charge < -0.3 is 14.6 Å². The molecule has 0 N–H and O–H groups in total. The van der Waals surface area contributed by atoms with Crippen molar-refractivity contribution in [2.75, 3.05) is 7.11 Å². The summed E-state index contributed by atoms with van der Waals surface area (Å²) in [5.41, 5.74) is 1.50. The number of thioether (sulfide) groups is 1. The number of amides is 1. The van der Waals surface area contributed by atoms with Crippen LogP contribution in [0.1, 0.15) is 11.1 Å². The molecule has 1 atom stereocenters. The number of carboxylic acids is 1. The highest BCUT2D eigenvalue weighted by Crippen LogP contribution is 2.35. The van der Waals surface area contributed by atoms with Crippen LogP contribution in [0.5, 0.6) is 5.75 Å². The number of hydrogen-bond donors (Lipinski definition) is 0. The van der Waals surface area contributed by atoms with E-state index < -0.39 is 17.9 Å². The Morgan fingerprint density at radius 2 is 1.89 bits per heavy atom. The van der Waals surface area contributed by atoms with Gasteiger partial charge in [0.05, 0.1) is 24.0 Å². The quantitative estimate of drug-likeness (QED) is 0.549. The Labute approximate surface area is 166 Å². The number of hydrogen-bond acceptors (Lipinski definition) is 6. The first kappa shape index (κ1) is 19.1. The lowest BCUT2D eigenvalue weighted by Crippen LogP contribution is -2.51. The predicted molar refractivity (Wildman–Crippen MR) is 107 cm³/mol. The normalized spacial score (nSPS) is 16.6. The summed E-state index contributed by atoms with van der Waals surface area (Å²) in [6.45, 7) is 0. The zero-order valence-corrected chi connectivity index (χ0v) is 16.1. The second-order valence-electron chi connectivity index (χ2n) is 5.82. The van der Waals surface area contributed by atoms with Gasteiger partial charge in [0.2, 0.25) is 0 Å². The van der Waals surface area contributed by atoms with Gasteiger partial charge >= 0.3 is 0 Å². The molecular weight excluding hydrogens is 382 g/mol. The Kier molecular flexibility index (Phi) is 5.93. The van der Waals surface area contributed by atoms with Crippen LogP contribution >= 0.6 is 24.0 Å². The van der Waals surface area contributed by atoms with Crippen molar-refractivity contribution in [2.24, 2.45) is 0 Å². The average Bonchev–Trinajstić information content (AvgIpc) is 2.94. The number of rotatable bonds is 6. The molecule has 1 amide bonds. The minimum absolute atomic E-state index is 0.123. The molecule has 138 valence electrons. The molecule has 27 heavy (non-hydrogen) atoms. The number of thiocarbonyl (C=S) groups is 1. The first-order valence-corrected chi connectivity index (χ1v) is 9.38. The molecule has 3 rings (SSSR count). The first-order valence-electron chi connectivity index (χ1n) is 8.16. The summed E-state index contributed by atoms with van der Waals surface area (Å²) in [7, 11) is 1.55. The topological polar surface area (TPSA) is 69.7 Å². The number of methoxy groups -OCH3 is 1. The fraction of sp³-hybridized carbons (Fsp3) is 0.150. The van der Waals surface area contributed by atoms with Crippen molar-refractivity contribution in [3.05, 3.63) is 70.6 Å². The monoisotopic (exact) mass is 398 g/mol. The van der Waals surface area contributed by atoms with Gasteiger partial charge in [0.1, 0.15) is 10.1 Å². The highest BCUT2D eigenvalue weighted by atomic mass is 32.2. The molecule has 7 heteroatoms. The van der Waals surface area contributed by atoms with Gasteiger partial charge in [0.15, 0.2) is 0 Å². The number of aliphatic carboxylic acids is 1. The highest BCUT2D eigenvalue weighted by Gasteiger charge is 2.37. The summed E-state index contributed by atoms with van der Waals surface area (Å²) in [5.74, 6) is -1.17. The lowest BCUT2D eigenvalue weighted by atomic mass is 10.0. The zero-order chi connectivity index (χ0) is 19.4. The van der Waals surface area contributed by atoms with Gasteiger partial charge in [-0.15, -0.1) is 0 Å². The summed E-state index contributed by atoms with van der Waals surface area (Å²) in [6, 6.07) is 15.2. The molecule has 1 fully saturated rings. The summed E-state index contributed by atoms with van der Waals surface area (Å²) >= 11 is 6.36. The molecule has 0 aliphatic carbocycles. The summed E-state index contributed by atoms with van der Waals surface area (Å²) in [4.78, 5) is 26.1. The van der Waals surface area contributed by atoms with Crippen LogP contribution in [0.3, 0.4) is 0 Å². The fourth-order valence-corrected chi connectivity index (χ4v) is 4.14. The second kappa shape index (κ2) is 8.37. The molecule has 1 aliphatic rings. The third-order valence-corrected chi connectivity index (χ3v) is 5.44. The maximum Gasteiger partial charge on any atom is 0.266 e. The lowest BCUT2D eigenvalue weighted by Gasteiger charge is -2.27. The first-order chi connectivity index (χ1) is 13.0. The molecule has 0 aromatic heterocycles. The number of nitrogens with zero attached hydrogens (tertiary/aromatic N) is 1. The van der Waals surface area contributed by atoms with Gasteiger partial charge in [-0.25, -0.2) is 0 Å². The smallest absolute Gasteiger partial charge is 0.266 e. The van der Waals surface area contributed by atoms with Crippen molar-refractivity contribution in [1.82, 2.24) is 4.90 Å². The minimum Gasteiger partial charge on any atom is -0.548 e. The van der Waals surface area contributed by atoms with Crippen molar-refractivity contribution < 1.29 is 19.4 Å². The Balaban J connectivity index is 1.90. The largest absolute Gasteiger partial charge is 0.548 e. The van der Waals surface area contributed by atoms with Gasteiger partial charge in [-0.1, -0.05) is 72.5 Å². The third kappa shape index (κ3) is 4.20. The van der Waals surface area contributed by atoms with Crippen LogP contribution in [0.2, 0.25) is 0 Å². The second-order valence-corrected chi connectivity index (χ2v) is 7.49. The Morgan fingerprint density at radius 3 is 2.56 bits per heavy atom. The van der Waals surface area contributed by atoms with E-state index in [-0.39, 0.29) is 10.7 Å². The third-order valence-electron chi connectivity index (χ3n) is 4.10. The van der Waals surface area contributed by atoms with E-state index >= 15 is 0 Å². The predicted octanol–water partition coefficient (Wildman–Crippen LogP) is 2.26. The molecule has 1 aliphatic heterocycles. The van der Waals surface area contributed by atoms with E-state index in [0.717, 1.165) is 22.2 Å². The van der Waals surface area contributed by atoms with Gasteiger partial charge in [-0.3, -0.25) is 9.69 Å². The molecule has 0 saturated carbocycles. The maximum absolute atomic E-state index is 12.9. The lowest BCUT2D eigenvalue weighted by molar-refractivity contribution is -0.310. The standard InChI is InChI=1S/C20H17NO4S2/c1-25-16-10-6-5-9-14(16)12-17-18(22)21(20(26)27-17)15(19(23)24)11-13-7-3-2-4-8-13/h2-10,12,15H,11H2,1H3,(H,23,24)/p-1/b17-12-/t15-/m1/s1. The number of para-hydroxylation sites is 1. The summed E-state index contributed by atoms with van der Waals surface area (Å²) < 4.78 is 5.49.